The Morgan fingerprint density at radius 3 is 2.32 bits per heavy atom. The molecule has 3 aromatic rings. The van der Waals surface area contributed by atoms with Gasteiger partial charge in [-0.1, -0.05) is 6.07 Å². The van der Waals surface area contributed by atoms with Crippen LogP contribution in [0.1, 0.15) is 5.69 Å². The second-order valence-corrected chi connectivity index (χ2v) is 4.73. The van der Waals surface area contributed by atoms with Crippen molar-refractivity contribution in [2.75, 3.05) is 0 Å². The van der Waals surface area contributed by atoms with E-state index in [2.05, 4.69) is 19.9 Å². The van der Waals surface area contributed by atoms with Crippen LogP contribution in [0.3, 0.4) is 0 Å². The second kappa shape index (κ2) is 4.72. The minimum absolute atomic E-state index is 0.0807. The molecule has 6 heteroatoms. The standard InChI is InChI=1S/C13H8Cl2N4/c1-7-2-3-8-6-9(4-5-10(8)16-7)11-17-12(14)19-13(15)18-11/h2-6H,1H3. The third-order valence-electron chi connectivity index (χ3n) is 2.67. The lowest BCUT2D eigenvalue weighted by molar-refractivity contribution is 1.06. The van der Waals surface area contributed by atoms with Crippen LogP contribution < -0.4 is 0 Å². The molecular formula is C13H8Cl2N4. The smallest absolute Gasteiger partial charge is 0.227 e. The lowest BCUT2D eigenvalue weighted by Crippen LogP contribution is -1.94. The number of hydrogen-bond acceptors (Lipinski definition) is 4. The average Bonchev–Trinajstić information content (AvgIpc) is 2.37. The maximum absolute atomic E-state index is 5.78. The van der Waals surface area contributed by atoms with Crippen LogP contribution in [0.15, 0.2) is 30.3 Å². The van der Waals surface area contributed by atoms with Gasteiger partial charge in [0.1, 0.15) is 0 Å². The molecule has 19 heavy (non-hydrogen) atoms. The van der Waals surface area contributed by atoms with E-state index in [1.807, 2.05) is 37.3 Å². The van der Waals surface area contributed by atoms with E-state index in [1.165, 1.54) is 0 Å². The number of pyridine rings is 1. The number of nitrogens with zero attached hydrogens (tertiary/aromatic N) is 4. The first-order valence-electron chi connectivity index (χ1n) is 5.57. The highest BCUT2D eigenvalue weighted by molar-refractivity contribution is 6.31. The summed E-state index contributed by atoms with van der Waals surface area (Å²) in [5.74, 6) is 0.451. The molecule has 0 aliphatic rings. The highest BCUT2D eigenvalue weighted by atomic mass is 35.5. The maximum atomic E-state index is 5.78. The molecule has 94 valence electrons. The summed E-state index contributed by atoms with van der Waals surface area (Å²) in [5.41, 5.74) is 2.73. The Morgan fingerprint density at radius 2 is 1.58 bits per heavy atom. The first-order valence-corrected chi connectivity index (χ1v) is 6.32. The summed E-state index contributed by atoms with van der Waals surface area (Å²) in [7, 11) is 0. The van der Waals surface area contributed by atoms with Crippen LogP contribution >= 0.6 is 23.2 Å². The molecule has 2 aromatic heterocycles. The summed E-state index contributed by atoms with van der Waals surface area (Å²) < 4.78 is 0. The van der Waals surface area contributed by atoms with Crippen LogP contribution in [0, 0.1) is 6.92 Å². The van der Waals surface area contributed by atoms with Gasteiger partial charge in [0.15, 0.2) is 5.82 Å². The van der Waals surface area contributed by atoms with Crippen molar-refractivity contribution < 1.29 is 0 Å². The largest absolute Gasteiger partial charge is 0.253 e. The van der Waals surface area contributed by atoms with Crippen LogP contribution in [0.5, 0.6) is 0 Å². The highest BCUT2D eigenvalue weighted by Gasteiger charge is 2.07. The molecule has 0 N–H and O–H groups in total. The van der Waals surface area contributed by atoms with E-state index in [0.29, 0.717) is 5.82 Å². The summed E-state index contributed by atoms with van der Waals surface area (Å²) in [5, 5.41) is 1.17. The minimum atomic E-state index is 0.0807. The van der Waals surface area contributed by atoms with E-state index in [1.54, 1.807) is 0 Å². The van der Waals surface area contributed by atoms with Crippen molar-refractivity contribution in [2.45, 2.75) is 6.92 Å². The number of benzene rings is 1. The van der Waals surface area contributed by atoms with Crippen LogP contribution in [0.25, 0.3) is 22.3 Å². The zero-order chi connectivity index (χ0) is 13.4. The lowest BCUT2D eigenvalue weighted by Gasteiger charge is -2.03. The van der Waals surface area contributed by atoms with Gasteiger partial charge in [0.2, 0.25) is 10.6 Å². The monoisotopic (exact) mass is 290 g/mol. The molecular weight excluding hydrogens is 283 g/mol. The summed E-state index contributed by atoms with van der Waals surface area (Å²) in [6, 6.07) is 9.72. The molecule has 0 saturated heterocycles. The zero-order valence-electron chi connectivity index (χ0n) is 9.93. The minimum Gasteiger partial charge on any atom is -0.253 e. The molecule has 3 rings (SSSR count). The van der Waals surface area contributed by atoms with Crippen molar-refractivity contribution in [1.82, 2.24) is 19.9 Å². The third kappa shape index (κ3) is 2.50. The number of aryl methyl sites for hydroxylation is 1. The van der Waals surface area contributed by atoms with Gasteiger partial charge in [0, 0.05) is 16.6 Å². The molecule has 0 atom stereocenters. The third-order valence-corrected chi connectivity index (χ3v) is 3.01. The molecule has 0 spiro atoms. The molecule has 4 nitrogen and oxygen atoms in total. The molecule has 0 bridgehead atoms. The first kappa shape index (κ1) is 12.3. The molecule has 1 aromatic carbocycles. The van der Waals surface area contributed by atoms with Crippen molar-refractivity contribution in [3.63, 3.8) is 0 Å². The molecule has 0 unspecified atom stereocenters. The quantitative estimate of drug-likeness (QED) is 0.686. The summed E-state index contributed by atoms with van der Waals surface area (Å²) in [6.45, 7) is 1.96. The predicted molar refractivity (Wildman–Crippen MR) is 75.3 cm³/mol. The van der Waals surface area contributed by atoms with E-state index in [4.69, 9.17) is 23.2 Å². The topological polar surface area (TPSA) is 51.6 Å². The molecule has 0 amide bonds. The molecule has 0 radical (unpaired) electrons. The van der Waals surface area contributed by atoms with Crippen LogP contribution in [-0.4, -0.2) is 19.9 Å². The van der Waals surface area contributed by atoms with Crippen LogP contribution in [0.2, 0.25) is 10.6 Å². The molecule has 0 aliphatic carbocycles. The fraction of sp³-hybridized carbons (Fsp3) is 0.0769. The van der Waals surface area contributed by atoms with Gasteiger partial charge in [-0.2, -0.15) is 15.0 Å². The van der Waals surface area contributed by atoms with Gasteiger partial charge in [-0.25, -0.2) is 0 Å². The second-order valence-electron chi connectivity index (χ2n) is 4.06. The van der Waals surface area contributed by atoms with E-state index in [0.717, 1.165) is 22.2 Å². The molecule has 0 saturated carbocycles. The fourth-order valence-corrected chi connectivity index (χ4v) is 2.19. The van der Waals surface area contributed by atoms with E-state index in [9.17, 15) is 0 Å². The van der Waals surface area contributed by atoms with Gasteiger partial charge in [-0.05, 0) is 54.4 Å². The average molecular weight is 291 g/mol. The Labute approximate surface area is 119 Å². The molecule has 0 fully saturated rings. The number of hydrogen-bond donors (Lipinski definition) is 0. The van der Waals surface area contributed by atoms with Crippen molar-refractivity contribution in [1.29, 1.82) is 0 Å². The summed E-state index contributed by atoms with van der Waals surface area (Å²) >= 11 is 11.6. The van der Waals surface area contributed by atoms with Crippen molar-refractivity contribution >= 4 is 34.1 Å². The number of aromatic nitrogens is 4. The maximum Gasteiger partial charge on any atom is 0.227 e. The summed E-state index contributed by atoms with van der Waals surface area (Å²) in [6.07, 6.45) is 0. The Balaban J connectivity index is 2.17. The Kier molecular flexibility index (Phi) is 3.05. The van der Waals surface area contributed by atoms with Crippen LogP contribution in [0.4, 0.5) is 0 Å². The van der Waals surface area contributed by atoms with Gasteiger partial charge in [0.25, 0.3) is 0 Å². The first-order chi connectivity index (χ1) is 9.11. The van der Waals surface area contributed by atoms with Gasteiger partial charge in [-0.15, -0.1) is 0 Å². The van der Waals surface area contributed by atoms with E-state index < -0.39 is 0 Å². The van der Waals surface area contributed by atoms with Crippen LogP contribution in [-0.2, 0) is 0 Å². The molecule has 2 heterocycles. The summed E-state index contributed by atoms with van der Waals surface area (Å²) in [4.78, 5) is 16.3. The van der Waals surface area contributed by atoms with E-state index >= 15 is 0 Å². The normalized spacial score (nSPS) is 10.9. The van der Waals surface area contributed by atoms with Gasteiger partial charge < -0.3 is 0 Å². The predicted octanol–water partition coefficient (Wildman–Crippen LogP) is 3.70. The van der Waals surface area contributed by atoms with E-state index in [-0.39, 0.29) is 10.6 Å². The van der Waals surface area contributed by atoms with Crippen molar-refractivity contribution in [3.05, 3.63) is 46.6 Å². The fourth-order valence-electron chi connectivity index (χ4n) is 1.82. The number of rotatable bonds is 1. The Bertz CT molecular complexity index is 753. The van der Waals surface area contributed by atoms with Gasteiger partial charge in [0.05, 0.1) is 5.52 Å². The van der Waals surface area contributed by atoms with Crippen molar-refractivity contribution in [3.8, 4) is 11.4 Å². The number of fused-ring (bicyclic) bond motifs is 1. The van der Waals surface area contributed by atoms with Crippen molar-refractivity contribution in [2.24, 2.45) is 0 Å². The Morgan fingerprint density at radius 1 is 0.842 bits per heavy atom. The molecule has 0 aliphatic heterocycles. The van der Waals surface area contributed by atoms with Gasteiger partial charge >= 0.3 is 0 Å². The zero-order valence-corrected chi connectivity index (χ0v) is 11.4. The Hall–Kier alpha value is -1.78. The lowest BCUT2D eigenvalue weighted by atomic mass is 10.1. The highest BCUT2D eigenvalue weighted by Crippen LogP contribution is 2.22. The SMILES string of the molecule is Cc1ccc2cc(-c3nc(Cl)nc(Cl)n3)ccc2n1. The van der Waals surface area contributed by atoms with Gasteiger partial charge in [-0.3, -0.25) is 4.98 Å². The number of halogens is 2.